The molecule has 0 atom stereocenters. The van der Waals surface area contributed by atoms with Gasteiger partial charge in [0.05, 0.1) is 11.9 Å². The van der Waals surface area contributed by atoms with Gasteiger partial charge in [0, 0.05) is 42.7 Å². The number of likely N-dealkylation sites (tertiary alicyclic amines) is 1. The highest BCUT2D eigenvalue weighted by molar-refractivity contribution is 7.13. The fourth-order valence-electron chi connectivity index (χ4n) is 4.04. The van der Waals surface area contributed by atoms with Crippen molar-refractivity contribution in [3.63, 3.8) is 0 Å². The molecule has 1 aliphatic heterocycles. The molecule has 2 aliphatic rings. The topological polar surface area (TPSA) is 71.0 Å². The minimum atomic E-state index is 0.269. The van der Waals surface area contributed by atoms with Crippen LogP contribution in [0.4, 0.5) is 10.9 Å². The van der Waals surface area contributed by atoms with Crippen LogP contribution in [0.2, 0.25) is 0 Å². The van der Waals surface area contributed by atoms with E-state index in [9.17, 15) is 4.79 Å². The smallest absolute Gasteiger partial charge is 0.225 e. The summed E-state index contributed by atoms with van der Waals surface area (Å²) in [4.78, 5) is 28.1. The normalized spacial score (nSPS) is 19.5. The zero-order valence-corrected chi connectivity index (χ0v) is 15.7. The van der Waals surface area contributed by atoms with Crippen LogP contribution in [0.3, 0.4) is 0 Å². The van der Waals surface area contributed by atoms with Gasteiger partial charge in [-0.15, -0.1) is 11.3 Å². The molecule has 2 aromatic heterocycles. The molecule has 0 spiro atoms. The number of carbonyl (C=O) groups excluding carboxylic acids is 1. The quantitative estimate of drug-likeness (QED) is 0.881. The summed E-state index contributed by atoms with van der Waals surface area (Å²) in [6, 6.07) is 0. The van der Waals surface area contributed by atoms with E-state index >= 15 is 0 Å². The van der Waals surface area contributed by atoms with Crippen molar-refractivity contribution in [2.75, 3.05) is 18.4 Å². The minimum absolute atomic E-state index is 0.269. The van der Waals surface area contributed by atoms with E-state index < -0.39 is 0 Å². The Morgan fingerprint density at radius 1 is 1.12 bits per heavy atom. The average Bonchev–Trinajstić information content (AvgIpc) is 3.21. The Bertz CT molecular complexity index is 721. The van der Waals surface area contributed by atoms with Gasteiger partial charge < -0.3 is 10.2 Å². The van der Waals surface area contributed by atoms with Gasteiger partial charge in [-0.25, -0.2) is 9.97 Å². The molecule has 4 rings (SSSR count). The van der Waals surface area contributed by atoms with Crippen LogP contribution in [-0.2, 0) is 4.79 Å². The van der Waals surface area contributed by atoms with Crippen LogP contribution in [0, 0.1) is 5.92 Å². The molecular formula is C19H25N5OS. The number of carbonyl (C=O) groups is 1. The number of thiazole rings is 1. The van der Waals surface area contributed by atoms with E-state index in [0.29, 0.717) is 11.8 Å². The molecule has 0 unspecified atom stereocenters. The summed E-state index contributed by atoms with van der Waals surface area (Å²) in [5.41, 5.74) is 1.01. The van der Waals surface area contributed by atoms with E-state index in [4.69, 9.17) is 4.98 Å². The lowest BCUT2D eigenvalue weighted by molar-refractivity contribution is -0.137. The second kappa shape index (κ2) is 8.12. The Morgan fingerprint density at radius 3 is 2.65 bits per heavy atom. The summed E-state index contributed by atoms with van der Waals surface area (Å²) in [6.45, 7) is 1.68. The molecular weight excluding hydrogens is 346 g/mol. The van der Waals surface area contributed by atoms with Gasteiger partial charge in [-0.05, 0) is 25.7 Å². The van der Waals surface area contributed by atoms with Gasteiger partial charge in [0.1, 0.15) is 0 Å². The first-order chi connectivity index (χ1) is 12.8. The molecule has 1 saturated carbocycles. The summed E-state index contributed by atoms with van der Waals surface area (Å²) in [5.74, 6) is 1.76. The zero-order valence-electron chi connectivity index (χ0n) is 14.9. The number of rotatable bonds is 4. The summed E-state index contributed by atoms with van der Waals surface area (Å²) < 4.78 is 0. The standard InChI is InChI=1S/C19H25N5OS/c25-18(15-4-2-1-3-5-15)24-9-6-14(7-10-24)16-12-20-13-17(22-16)23-19-21-8-11-26-19/h8,11-15H,1-7,9-10H2,(H,21,22,23). The monoisotopic (exact) mass is 371 g/mol. The highest BCUT2D eigenvalue weighted by Crippen LogP contribution is 2.31. The van der Waals surface area contributed by atoms with Crippen LogP contribution in [0.5, 0.6) is 0 Å². The highest BCUT2D eigenvalue weighted by Gasteiger charge is 2.30. The van der Waals surface area contributed by atoms with Crippen LogP contribution < -0.4 is 5.32 Å². The molecule has 1 N–H and O–H groups in total. The molecule has 3 heterocycles. The lowest BCUT2D eigenvalue weighted by Gasteiger charge is -2.35. The summed E-state index contributed by atoms with van der Waals surface area (Å²) in [7, 11) is 0. The predicted molar refractivity (Wildman–Crippen MR) is 103 cm³/mol. The second-order valence-corrected chi connectivity index (χ2v) is 8.12. The molecule has 1 saturated heterocycles. The molecule has 2 aromatic rings. The van der Waals surface area contributed by atoms with Crippen molar-refractivity contribution < 1.29 is 4.79 Å². The third-order valence-electron chi connectivity index (χ3n) is 5.50. The average molecular weight is 372 g/mol. The van der Waals surface area contributed by atoms with Gasteiger partial charge in [-0.2, -0.15) is 0 Å². The van der Waals surface area contributed by atoms with Gasteiger partial charge in [0.2, 0.25) is 5.91 Å². The summed E-state index contributed by atoms with van der Waals surface area (Å²) >= 11 is 1.54. The predicted octanol–water partition coefficient (Wildman–Crippen LogP) is 3.96. The third-order valence-corrected chi connectivity index (χ3v) is 6.19. The number of aromatic nitrogens is 3. The molecule has 0 radical (unpaired) electrons. The van der Waals surface area contributed by atoms with E-state index in [1.54, 1.807) is 23.7 Å². The molecule has 26 heavy (non-hydrogen) atoms. The van der Waals surface area contributed by atoms with Crippen molar-refractivity contribution >= 4 is 28.2 Å². The van der Waals surface area contributed by atoms with Crippen molar-refractivity contribution in [1.29, 1.82) is 0 Å². The summed E-state index contributed by atoms with van der Waals surface area (Å²) in [5, 5.41) is 5.96. The van der Waals surface area contributed by atoms with Gasteiger partial charge in [0.25, 0.3) is 0 Å². The van der Waals surface area contributed by atoms with E-state index in [1.165, 1.54) is 19.3 Å². The maximum absolute atomic E-state index is 12.7. The fourth-order valence-corrected chi connectivity index (χ4v) is 4.57. The highest BCUT2D eigenvalue weighted by atomic mass is 32.1. The Kier molecular flexibility index (Phi) is 5.43. The molecule has 0 bridgehead atoms. The van der Waals surface area contributed by atoms with Crippen molar-refractivity contribution in [3.05, 3.63) is 29.7 Å². The number of hydrogen-bond donors (Lipinski definition) is 1. The van der Waals surface area contributed by atoms with Crippen molar-refractivity contribution in [3.8, 4) is 0 Å². The van der Waals surface area contributed by atoms with Crippen LogP contribution in [0.15, 0.2) is 24.0 Å². The number of amides is 1. The fraction of sp³-hybridized carbons (Fsp3) is 0.579. The Balaban J connectivity index is 1.35. The number of nitrogens with zero attached hydrogens (tertiary/aromatic N) is 4. The second-order valence-electron chi connectivity index (χ2n) is 7.23. The minimum Gasteiger partial charge on any atom is -0.342 e. The van der Waals surface area contributed by atoms with Crippen LogP contribution in [-0.4, -0.2) is 38.8 Å². The Labute approximate surface area is 158 Å². The van der Waals surface area contributed by atoms with E-state index in [-0.39, 0.29) is 5.92 Å². The maximum Gasteiger partial charge on any atom is 0.225 e. The Morgan fingerprint density at radius 2 is 1.92 bits per heavy atom. The third kappa shape index (κ3) is 4.03. The van der Waals surface area contributed by atoms with Crippen molar-refractivity contribution in [2.45, 2.75) is 50.9 Å². The lowest BCUT2D eigenvalue weighted by atomic mass is 9.87. The SMILES string of the molecule is O=C(C1CCCCC1)N1CCC(c2cncc(Nc3nccs3)n2)CC1. The molecule has 7 heteroatoms. The molecule has 2 fully saturated rings. The van der Waals surface area contributed by atoms with Gasteiger partial charge in [-0.3, -0.25) is 9.78 Å². The van der Waals surface area contributed by atoms with Crippen molar-refractivity contribution in [1.82, 2.24) is 19.9 Å². The zero-order chi connectivity index (χ0) is 17.8. The summed E-state index contributed by atoms with van der Waals surface area (Å²) in [6.07, 6.45) is 13.1. The van der Waals surface area contributed by atoms with E-state index in [1.807, 2.05) is 11.6 Å². The Hall–Kier alpha value is -2.02. The molecule has 1 amide bonds. The van der Waals surface area contributed by atoms with Gasteiger partial charge >= 0.3 is 0 Å². The first-order valence-electron chi connectivity index (χ1n) is 9.57. The van der Waals surface area contributed by atoms with E-state index in [2.05, 4.69) is 20.2 Å². The van der Waals surface area contributed by atoms with Gasteiger partial charge in [-0.1, -0.05) is 19.3 Å². The molecule has 1 aliphatic carbocycles. The largest absolute Gasteiger partial charge is 0.342 e. The first kappa shape index (κ1) is 17.4. The van der Waals surface area contributed by atoms with Crippen LogP contribution in [0.25, 0.3) is 0 Å². The lowest BCUT2D eigenvalue weighted by Crippen LogP contribution is -2.42. The van der Waals surface area contributed by atoms with Crippen LogP contribution >= 0.6 is 11.3 Å². The van der Waals surface area contributed by atoms with E-state index in [0.717, 1.165) is 55.4 Å². The number of anilines is 2. The molecule has 138 valence electrons. The number of hydrogen-bond acceptors (Lipinski definition) is 6. The van der Waals surface area contributed by atoms with Gasteiger partial charge in [0.15, 0.2) is 10.9 Å². The van der Waals surface area contributed by atoms with Crippen LogP contribution in [0.1, 0.15) is 56.6 Å². The molecule has 0 aromatic carbocycles. The number of nitrogens with one attached hydrogen (secondary N) is 1. The molecule has 6 nitrogen and oxygen atoms in total. The van der Waals surface area contributed by atoms with Crippen molar-refractivity contribution in [2.24, 2.45) is 5.92 Å². The maximum atomic E-state index is 12.7. The first-order valence-corrected chi connectivity index (χ1v) is 10.4. The number of piperidine rings is 1.